The number of Topliss-reactive ketones (excluding diaryl/α,β-unsaturated/α-hetero) is 1. The van der Waals surface area contributed by atoms with E-state index in [2.05, 4.69) is 35.1 Å². The van der Waals surface area contributed by atoms with Crippen molar-refractivity contribution in [3.05, 3.63) is 84.4 Å². The molecular formula is C25H20O5. The van der Waals surface area contributed by atoms with Gasteiger partial charge in [-0.1, -0.05) is 30.3 Å². The molecule has 0 N–H and O–H groups in total. The van der Waals surface area contributed by atoms with E-state index in [0.717, 1.165) is 11.1 Å². The van der Waals surface area contributed by atoms with Gasteiger partial charge in [-0.3, -0.25) is 4.79 Å². The van der Waals surface area contributed by atoms with Gasteiger partial charge in [-0.25, -0.2) is 4.79 Å². The first-order valence-corrected chi connectivity index (χ1v) is 9.55. The van der Waals surface area contributed by atoms with Crippen LogP contribution in [0.15, 0.2) is 78.9 Å². The van der Waals surface area contributed by atoms with Crippen LogP contribution in [0.3, 0.4) is 0 Å². The summed E-state index contributed by atoms with van der Waals surface area (Å²) in [6, 6.07) is 25.0. The predicted molar refractivity (Wildman–Crippen MR) is 115 cm³/mol. The van der Waals surface area contributed by atoms with Crippen molar-refractivity contribution in [2.75, 3.05) is 20.3 Å². The molecule has 0 amide bonds. The van der Waals surface area contributed by atoms with Crippen molar-refractivity contribution in [2.24, 2.45) is 0 Å². The van der Waals surface area contributed by atoms with Crippen LogP contribution in [-0.2, 0) is 9.53 Å². The van der Waals surface area contributed by atoms with E-state index in [9.17, 15) is 9.59 Å². The summed E-state index contributed by atoms with van der Waals surface area (Å²) in [6.45, 7) is 0.724. The minimum Gasteiger partial charge on any atom is -0.490 e. The van der Waals surface area contributed by atoms with Gasteiger partial charge in [0, 0.05) is 5.56 Å². The lowest BCUT2D eigenvalue weighted by molar-refractivity contribution is -0.135. The quantitative estimate of drug-likeness (QED) is 0.147. The maximum Gasteiger partial charge on any atom is 0.379 e. The zero-order chi connectivity index (χ0) is 20.9. The molecule has 0 saturated carbocycles. The van der Waals surface area contributed by atoms with Crippen LogP contribution >= 0.6 is 0 Å². The fourth-order valence-corrected chi connectivity index (χ4v) is 3.24. The van der Waals surface area contributed by atoms with Crippen LogP contribution in [0.5, 0.6) is 11.5 Å². The van der Waals surface area contributed by atoms with Gasteiger partial charge in [0.25, 0.3) is 5.78 Å². The number of carbonyl (C=O) groups excluding carboxylic acids is 2. The average molecular weight is 400 g/mol. The van der Waals surface area contributed by atoms with Crippen molar-refractivity contribution in [2.45, 2.75) is 0 Å². The van der Waals surface area contributed by atoms with Crippen LogP contribution in [0.2, 0.25) is 0 Å². The van der Waals surface area contributed by atoms with E-state index in [-0.39, 0.29) is 5.56 Å². The fourth-order valence-electron chi connectivity index (χ4n) is 3.24. The van der Waals surface area contributed by atoms with E-state index < -0.39 is 11.8 Å². The number of methoxy groups -OCH3 is 1. The summed E-state index contributed by atoms with van der Waals surface area (Å²) in [6.07, 6.45) is 0. The first kappa shape index (κ1) is 19.5. The fraction of sp³-hybridized carbons (Fsp3) is 0.120. The Morgan fingerprint density at radius 3 is 1.90 bits per heavy atom. The zero-order valence-corrected chi connectivity index (χ0v) is 16.5. The third kappa shape index (κ3) is 4.25. The third-order valence-electron chi connectivity index (χ3n) is 4.78. The Labute approximate surface area is 173 Å². The van der Waals surface area contributed by atoms with Gasteiger partial charge in [0.05, 0.1) is 7.11 Å². The largest absolute Gasteiger partial charge is 0.490 e. The molecule has 0 spiro atoms. The summed E-state index contributed by atoms with van der Waals surface area (Å²) in [5.74, 6) is -0.206. The Morgan fingerprint density at radius 2 is 1.23 bits per heavy atom. The van der Waals surface area contributed by atoms with Crippen LogP contribution < -0.4 is 9.47 Å². The molecule has 0 radical (unpaired) electrons. The monoisotopic (exact) mass is 400 g/mol. The first-order valence-electron chi connectivity index (χ1n) is 9.55. The highest BCUT2D eigenvalue weighted by Gasteiger charge is 2.16. The number of benzene rings is 4. The molecule has 0 atom stereocenters. The number of fused-ring (bicyclic) bond motifs is 2. The molecule has 4 aromatic carbocycles. The molecule has 0 aromatic heterocycles. The van der Waals surface area contributed by atoms with Gasteiger partial charge < -0.3 is 14.2 Å². The minimum atomic E-state index is -0.888. The smallest absolute Gasteiger partial charge is 0.379 e. The molecule has 30 heavy (non-hydrogen) atoms. The van der Waals surface area contributed by atoms with Gasteiger partial charge in [-0.05, 0) is 70.1 Å². The van der Waals surface area contributed by atoms with Crippen LogP contribution in [-0.4, -0.2) is 32.1 Å². The number of ether oxygens (including phenoxy) is 3. The van der Waals surface area contributed by atoms with E-state index >= 15 is 0 Å². The lowest BCUT2D eigenvalue weighted by Gasteiger charge is -2.10. The lowest BCUT2D eigenvalue weighted by Crippen LogP contribution is -2.15. The van der Waals surface area contributed by atoms with Crippen LogP contribution in [0, 0.1) is 0 Å². The molecule has 0 heterocycles. The highest BCUT2D eigenvalue weighted by molar-refractivity contribution is 6.40. The van der Waals surface area contributed by atoms with E-state index in [0.29, 0.717) is 19.0 Å². The maximum absolute atomic E-state index is 11.7. The van der Waals surface area contributed by atoms with Gasteiger partial charge in [0.1, 0.15) is 24.7 Å². The van der Waals surface area contributed by atoms with Gasteiger partial charge in [-0.15, -0.1) is 0 Å². The molecule has 0 fully saturated rings. The second-order valence-corrected chi connectivity index (χ2v) is 6.75. The Balaban J connectivity index is 1.34. The van der Waals surface area contributed by atoms with Crippen molar-refractivity contribution in [1.29, 1.82) is 0 Å². The molecule has 150 valence electrons. The molecule has 0 bridgehead atoms. The first-order chi connectivity index (χ1) is 14.6. The molecule has 5 heteroatoms. The van der Waals surface area contributed by atoms with Crippen molar-refractivity contribution >= 4 is 33.3 Å². The Kier molecular flexibility index (Phi) is 5.61. The molecule has 0 aliphatic carbocycles. The molecule has 4 rings (SSSR count). The van der Waals surface area contributed by atoms with Crippen LogP contribution in [0.25, 0.3) is 21.5 Å². The summed E-state index contributed by atoms with van der Waals surface area (Å²) >= 11 is 0. The van der Waals surface area contributed by atoms with Crippen LogP contribution in [0.1, 0.15) is 10.4 Å². The summed E-state index contributed by atoms with van der Waals surface area (Å²) in [4.78, 5) is 23.0. The number of hydrogen-bond donors (Lipinski definition) is 0. The summed E-state index contributed by atoms with van der Waals surface area (Å²) in [7, 11) is 1.18. The second-order valence-electron chi connectivity index (χ2n) is 6.75. The van der Waals surface area contributed by atoms with Crippen molar-refractivity contribution in [1.82, 2.24) is 0 Å². The van der Waals surface area contributed by atoms with Gasteiger partial charge in [0.2, 0.25) is 0 Å². The SMILES string of the molecule is COC(=O)C(=O)c1ccc(OCCOc2ccc3cc4ccccc4cc3c2)cc1. The molecule has 4 aromatic rings. The van der Waals surface area contributed by atoms with E-state index in [1.807, 2.05) is 24.3 Å². The standard InChI is InChI=1S/C25H20O5/c1-28-25(27)24(26)17-6-9-22(10-7-17)29-12-13-30-23-11-8-20-14-18-4-2-3-5-19(18)15-21(20)16-23/h2-11,14-16H,12-13H2,1H3. The van der Waals surface area contributed by atoms with Crippen LogP contribution in [0.4, 0.5) is 0 Å². The van der Waals surface area contributed by atoms with Crippen molar-refractivity contribution < 1.29 is 23.8 Å². The Bertz CT molecular complexity index is 1210. The van der Waals surface area contributed by atoms with E-state index in [4.69, 9.17) is 9.47 Å². The highest BCUT2D eigenvalue weighted by Crippen LogP contribution is 2.26. The van der Waals surface area contributed by atoms with Crippen molar-refractivity contribution in [3.8, 4) is 11.5 Å². The van der Waals surface area contributed by atoms with E-state index in [1.54, 1.807) is 12.1 Å². The van der Waals surface area contributed by atoms with Gasteiger partial charge in [-0.2, -0.15) is 0 Å². The molecule has 0 saturated heterocycles. The molecule has 0 aliphatic rings. The summed E-state index contributed by atoms with van der Waals surface area (Å²) in [5, 5.41) is 4.70. The predicted octanol–water partition coefficient (Wildman–Crippen LogP) is 4.81. The molecule has 0 unspecified atom stereocenters. The number of rotatable bonds is 7. The zero-order valence-electron chi connectivity index (χ0n) is 16.5. The third-order valence-corrected chi connectivity index (χ3v) is 4.78. The van der Waals surface area contributed by atoms with Gasteiger partial charge >= 0.3 is 5.97 Å². The number of hydrogen-bond acceptors (Lipinski definition) is 5. The lowest BCUT2D eigenvalue weighted by atomic mass is 10.0. The number of ketones is 1. The Hall–Kier alpha value is -3.86. The summed E-state index contributed by atoms with van der Waals surface area (Å²) < 4.78 is 15.9. The summed E-state index contributed by atoms with van der Waals surface area (Å²) in [5.41, 5.74) is 0.258. The average Bonchev–Trinajstić information content (AvgIpc) is 2.79. The number of carbonyl (C=O) groups is 2. The number of esters is 1. The van der Waals surface area contributed by atoms with Crippen molar-refractivity contribution in [3.63, 3.8) is 0 Å². The minimum absolute atomic E-state index is 0.258. The molecule has 5 nitrogen and oxygen atoms in total. The molecular weight excluding hydrogens is 380 g/mol. The highest BCUT2D eigenvalue weighted by atomic mass is 16.5. The van der Waals surface area contributed by atoms with Gasteiger partial charge in [0.15, 0.2) is 0 Å². The Morgan fingerprint density at radius 1 is 0.667 bits per heavy atom. The maximum atomic E-state index is 11.7. The normalized spacial score (nSPS) is 10.7. The second kappa shape index (κ2) is 8.66. The topological polar surface area (TPSA) is 61.8 Å². The molecule has 0 aliphatic heterocycles. The van der Waals surface area contributed by atoms with E-state index in [1.165, 1.54) is 35.4 Å².